The van der Waals surface area contributed by atoms with Crippen LogP contribution in [0.5, 0.6) is 5.75 Å². The first-order chi connectivity index (χ1) is 9.22. The van der Waals surface area contributed by atoms with Crippen molar-refractivity contribution >= 4 is 15.9 Å². The lowest BCUT2D eigenvalue weighted by molar-refractivity contribution is -0.0859. The molecule has 1 atom stereocenters. The van der Waals surface area contributed by atoms with Crippen LogP contribution >= 0.6 is 15.9 Å². The van der Waals surface area contributed by atoms with Crippen LogP contribution in [0.4, 0.5) is 0 Å². The van der Waals surface area contributed by atoms with Crippen LogP contribution in [0.15, 0.2) is 28.7 Å². The second kappa shape index (κ2) is 10.2. The average Bonchev–Trinajstić information content (AvgIpc) is 2.40. The topological polar surface area (TPSA) is 36.9 Å². The fourth-order valence-electron chi connectivity index (χ4n) is 1.38. The van der Waals surface area contributed by atoms with Crippen molar-refractivity contribution in [3.05, 3.63) is 28.7 Å². The lowest BCUT2D eigenvalue weighted by Gasteiger charge is -2.15. The zero-order valence-electron chi connectivity index (χ0n) is 11.4. The van der Waals surface area contributed by atoms with Crippen molar-refractivity contribution in [2.45, 2.75) is 20.1 Å². The largest absolute Gasteiger partial charge is 0.465 e. The third kappa shape index (κ3) is 8.21. The van der Waals surface area contributed by atoms with Gasteiger partial charge in [-0.1, -0.05) is 15.9 Å². The summed E-state index contributed by atoms with van der Waals surface area (Å²) in [5.74, 6) is 0.785. The number of hydrogen-bond donors (Lipinski definition) is 0. The summed E-state index contributed by atoms with van der Waals surface area (Å²) in [4.78, 5) is 0. The minimum atomic E-state index is -0.295. The van der Waals surface area contributed by atoms with Crippen molar-refractivity contribution < 1.29 is 18.9 Å². The molecule has 1 aromatic rings. The van der Waals surface area contributed by atoms with E-state index in [1.807, 2.05) is 38.1 Å². The molecule has 0 aliphatic heterocycles. The molecule has 0 radical (unpaired) electrons. The normalized spacial score (nSPS) is 12.4. The van der Waals surface area contributed by atoms with E-state index in [9.17, 15) is 0 Å². The molecule has 108 valence electrons. The van der Waals surface area contributed by atoms with Crippen LogP contribution in [-0.2, 0) is 14.2 Å². The van der Waals surface area contributed by atoms with Gasteiger partial charge < -0.3 is 18.9 Å². The molecule has 0 aromatic heterocycles. The van der Waals surface area contributed by atoms with Crippen LogP contribution in [0.25, 0.3) is 0 Å². The number of rotatable bonds is 10. The summed E-state index contributed by atoms with van der Waals surface area (Å²) in [7, 11) is 0. The molecule has 0 aliphatic rings. The van der Waals surface area contributed by atoms with Crippen molar-refractivity contribution in [3.63, 3.8) is 0 Å². The second-order valence-electron chi connectivity index (χ2n) is 3.82. The fourth-order valence-corrected chi connectivity index (χ4v) is 1.64. The van der Waals surface area contributed by atoms with Gasteiger partial charge in [0.15, 0.2) is 6.29 Å². The first-order valence-electron chi connectivity index (χ1n) is 6.41. The van der Waals surface area contributed by atoms with Gasteiger partial charge in [0.1, 0.15) is 5.75 Å². The van der Waals surface area contributed by atoms with Gasteiger partial charge in [0.25, 0.3) is 0 Å². The third-order valence-electron chi connectivity index (χ3n) is 2.27. The highest BCUT2D eigenvalue weighted by Crippen LogP contribution is 2.17. The van der Waals surface area contributed by atoms with Crippen molar-refractivity contribution in [2.24, 2.45) is 0 Å². The van der Waals surface area contributed by atoms with E-state index >= 15 is 0 Å². The molecule has 19 heavy (non-hydrogen) atoms. The van der Waals surface area contributed by atoms with Gasteiger partial charge in [-0.2, -0.15) is 0 Å². The molecular formula is C14H21BrO4. The first kappa shape index (κ1) is 16.4. The summed E-state index contributed by atoms with van der Waals surface area (Å²) in [5, 5.41) is 0. The Balaban J connectivity index is 2.04. The lowest BCUT2D eigenvalue weighted by Crippen LogP contribution is -2.19. The quantitative estimate of drug-likeness (QED) is 0.487. The molecule has 1 rings (SSSR count). The van der Waals surface area contributed by atoms with Crippen molar-refractivity contribution in [3.8, 4) is 5.75 Å². The Morgan fingerprint density at radius 3 is 2.32 bits per heavy atom. The van der Waals surface area contributed by atoms with Gasteiger partial charge in [-0.25, -0.2) is 0 Å². The van der Waals surface area contributed by atoms with Crippen LogP contribution < -0.4 is 4.74 Å². The molecule has 0 saturated heterocycles. The maximum Gasteiger partial charge on any atom is 0.197 e. The predicted molar refractivity (Wildman–Crippen MR) is 77.5 cm³/mol. The monoisotopic (exact) mass is 332 g/mol. The van der Waals surface area contributed by atoms with E-state index in [1.165, 1.54) is 0 Å². The van der Waals surface area contributed by atoms with Crippen LogP contribution in [-0.4, -0.2) is 39.3 Å². The number of hydrogen-bond acceptors (Lipinski definition) is 4. The van der Waals surface area contributed by atoms with E-state index in [0.29, 0.717) is 26.4 Å². The first-order valence-corrected chi connectivity index (χ1v) is 7.21. The molecule has 0 bridgehead atoms. The van der Waals surface area contributed by atoms with Crippen LogP contribution in [0, 0.1) is 0 Å². The molecule has 0 saturated carbocycles. The zero-order valence-corrected chi connectivity index (χ0v) is 13.0. The van der Waals surface area contributed by atoms with Gasteiger partial charge in [0, 0.05) is 11.1 Å². The smallest absolute Gasteiger partial charge is 0.197 e. The van der Waals surface area contributed by atoms with Gasteiger partial charge in [-0.05, 0) is 38.1 Å². The highest BCUT2D eigenvalue weighted by molar-refractivity contribution is 9.10. The molecule has 0 unspecified atom stereocenters. The summed E-state index contributed by atoms with van der Waals surface area (Å²) in [6, 6.07) is 7.64. The standard InChI is InChI=1S/C14H21BrO4/c1-3-16-8-9-17-10-11-18-12(2)19-14-6-4-13(15)5-7-14/h4-7,12H,3,8-11H2,1-2H3/t12-/m1/s1. The fraction of sp³-hybridized carbons (Fsp3) is 0.571. The molecule has 0 spiro atoms. The average molecular weight is 333 g/mol. The Bertz CT molecular complexity index is 329. The Morgan fingerprint density at radius 1 is 1.00 bits per heavy atom. The molecule has 0 N–H and O–H groups in total. The van der Waals surface area contributed by atoms with Gasteiger partial charge in [0.2, 0.25) is 0 Å². The maximum atomic E-state index is 5.59. The molecule has 4 nitrogen and oxygen atoms in total. The van der Waals surface area contributed by atoms with E-state index in [-0.39, 0.29) is 6.29 Å². The van der Waals surface area contributed by atoms with Crippen LogP contribution in [0.1, 0.15) is 13.8 Å². The van der Waals surface area contributed by atoms with Crippen molar-refractivity contribution in [1.82, 2.24) is 0 Å². The highest BCUT2D eigenvalue weighted by Gasteiger charge is 2.03. The molecule has 1 aromatic carbocycles. The third-order valence-corrected chi connectivity index (χ3v) is 2.80. The van der Waals surface area contributed by atoms with Crippen molar-refractivity contribution in [1.29, 1.82) is 0 Å². The summed E-state index contributed by atoms with van der Waals surface area (Å²) >= 11 is 3.38. The predicted octanol–water partition coefficient (Wildman–Crippen LogP) is 3.24. The van der Waals surface area contributed by atoms with E-state index in [1.54, 1.807) is 0 Å². The molecule has 0 amide bonds. The summed E-state index contributed by atoms with van der Waals surface area (Å²) in [6.45, 7) is 6.82. The minimum absolute atomic E-state index is 0.295. The van der Waals surface area contributed by atoms with E-state index in [2.05, 4.69) is 15.9 Å². The number of ether oxygens (including phenoxy) is 4. The number of benzene rings is 1. The summed E-state index contributed by atoms with van der Waals surface area (Å²) < 4.78 is 22.6. The van der Waals surface area contributed by atoms with Crippen molar-refractivity contribution in [2.75, 3.05) is 33.0 Å². The van der Waals surface area contributed by atoms with Crippen LogP contribution in [0.2, 0.25) is 0 Å². The Labute approximate surface area is 123 Å². The number of halogens is 1. The van der Waals surface area contributed by atoms with Crippen LogP contribution in [0.3, 0.4) is 0 Å². The van der Waals surface area contributed by atoms with Gasteiger partial charge >= 0.3 is 0 Å². The molecule has 0 fully saturated rings. The van der Waals surface area contributed by atoms with Gasteiger partial charge in [-0.3, -0.25) is 0 Å². The highest BCUT2D eigenvalue weighted by atomic mass is 79.9. The molecule has 0 aliphatic carbocycles. The van der Waals surface area contributed by atoms with E-state index in [0.717, 1.165) is 16.8 Å². The Kier molecular flexibility index (Phi) is 8.82. The lowest BCUT2D eigenvalue weighted by atomic mass is 10.3. The Hall–Kier alpha value is -0.620. The van der Waals surface area contributed by atoms with E-state index in [4.69, 9.17) is 18.9 Å². The molecule has 5 heteroatoms. The molecular weight excluding hydrogens is 312 g/mol. The minimum Gasteiger partial charge on any atom is -0.465 e. The van der Waals surface area contributed by atoms with Gasteiger partial charge in [-0.15, -0.1) is 0 Å². The van der Waals surface area contributed by atoms with Gasteiger partial charge in [0.05, 0.1) is 26.4 Å². The van der Waals surface area contributed by atoms with E-state index < -0.39 is 0 Å². The zero-order chi connectivity index (χ0) is 13.9. The summed E-state index contributed by atoms with van der Waals surface area (Å²) in [5.41, 5.74) is 0. The SMILES string of the molecule is CCOCCOCCO[C@@H](C)Oc1ccc(Br)cc1. The summed E-state index contributed by atoms with van der Waals surface area (Å²) in [6.07, 6.45) is -0.295. The molecule has 0 heterocycles. The maximum absolute atomic E-state index is 5.59. The second-order valence-corrected chi connectivity index (χ2v) is 4.74. The Morgan fingerprint density at radius 2 is 1.63 bits per heavy atom.